The molecule has 0 aliphatic heterocycles. The monoisotopic (exact) mass is 383 g/mol. The van der Waals surface area contributed by atoms with Crippen LogP contribution in [0.1, 0.15) is 23.0 Å². The van der Waals surface area contributed by atoms with Crippen molar-refractivity contribution in [1.29, 1.82) is 0 Å². The Morgan fingerprint density at radius 1 is 1.31 bits per heavy atom. The molecule has 0 aliphatic carbocycles. The molecule has 0 radical (unpaired) electrons. The fourth-order valence-electron chi connectivity index (χ4n) is 2.29. The number of carbonyl (C=O) groups excluding carboxylic acids is 1. The van der Waals surface area contributed by atoms with Gasteiger partial charge in [-0.05, 0) is 30.7 Å². The second-order valence-electron chi connectivity index (χ2n) is 5.20. The molecule has 10 heteroatoms. The zero-order chi connectivity index (χ0) is 18.9. The lowest BCUT2D eigenvalue weighted by Crippen LogP contribution is -2.27. The molecule has 0 spiro atoms. The molecule has 1 amide bonds. The van der Waals surface area contributed by atoms with Crippen LogP contribution in [0.15, 0.2) is 40.6 Å². The number of hydrogen-bond donors (Lipinski definition) is 1. The maximum Gasteiger partial charge on any atom is 0.573 e. The molecule has 0 unspecified atom stereocenters. The molecule has 136 valence electrons. The van der Waals surface area contributed by atoms with Crippen LogP contribution in [0.4, 0.5) is 18.9 Å². The van der Waals surface area contributed by atoms with E-state index in [2.05, 4.69) is 15.0 Å². The summed E-state index contributed by atoms with van der Waals surface area (Å²) in [5, 5.41) is 4.25. The molecule has 26 heavy (non-hydrogen) atoms. The smallest absolute Gasteiger partial charge is 0.406 e. The van der Waals surface area contributed by atoms with Crippen LogP contribution in [0, 0.1) is 0 Å². The Labute approximate surface area is 148 Å². The van der Waals surface area contributed by atoms with Crippen molar-refractivity contribution in [2.45, 2.75) is 19.7 Å². The highest BCUT2D eigenvalue weighted by molar-refractivity contribution is 7.15. The van der Waals surface area contributed by atoms with Gasteiger partial charge in [-0.1, -0.05) is 6.92 Å². The summed E-state index contributed by atoms with van der Waals surface area (Å²) in [6, 6.07) is 4.60. The highest BCUT2D eigenvalue weighted by Crippen LogP contribution is 2.24. The number of aryl methyl sites for hydroxylation is 1. The van der Waals surface area contributed by atoms with Crippen molar-refractivity contribution < 1.29 is 22.7 Å². The topological polar surface area (TPSA) is 72.7 Å². The fraction of sp³-hybridized carbons (Fsp3) is 0.188. The molecule has 0 saturated heterocycles. The second kappa shape index (κ2) is 6.79. The molecule has 2 heterocycles. The van der Waals surface area contributed by atoms with Crippen LogP contribution < -0.4 is 15.6 Å². The van der Waals surface area contributed by atoms with Crippen LogP contribution in [-0.2, 0) is 6.42 Å². The number of thiazole rings is 1. The number of hydrogen-bond acceptors (Lipinski definition) is 5. The zero-order valence-corrected chi connectivity index (χ0v) is 14.1. The van der Waals surface area contributed by atoms with E-state index in [1.165, 1.54) is 34.1 Å². The number of anilines is 1. The predicted octanol–water partition coefficient (Wildman–Crippen LogP) is 3.47. The van der Waals surface area contributed by atoms with Gasteiger partial charge in [-0.2, -0.15) is 0 Å². The Hall–Kier alpha value is -2.88. The van der Waals surface area contributed by atoms with Gasteiger partial charge in [0.2, 0.25) is 0 Å². The van der Waals surface area contributed by atoms with Gasteiger partial charge in [0.05, 0.1) is 0 Å². The van der Waals surface area contributed by atoms with Gasteiger partial charge in [0.15, 0.2) is 4.96 Å². The molecule has 6 nitrogen and oxygen atoms in total. The molecule has 0 fully saturated rings. The van der Waals surface area contributed by atoms with Gasteiger partial charge in [-0.15, -0.1) is 24.5 Å². The molecule has 0 saturated carbocycles. The van der Waals surface area contributed by atoms with Crippen molar-refractivity contribution in [3.63, 3.8) is 0 Å². The molecule has 0 atom stereocenters. The normalized spacial score (nSPS) is 11.5. The number of nitrogens with one attached hydrogen (secondary N) is 1. The summed E-state index contributed by atoms with van der Waals surface area (Å²) in [6.45, 7) is 1.88. The average molecular weight is 383 g/mol. The minimum Gasteiger partial charge on any atom is -0.406 e. The molecular weight excluding hydrogens is 371 g/mol. The van der Waals surface area contributed by atoms with E-state index in [0.717, 1.165) is 17.8 Å². The number of carbonyl (C=O) groups is 1. The second-order valence-corrected chi connectivity index (χ2v) is 6.04. The third-order valence-corrected chi connectivity index (χ3v) is 4.36. The van der Waals surface area contributed by atoms with Crippen LogP contribution in [0.25, 0.3) is 4.96 Å². The summed E-state index contributed by atoms with van der Waals surface area (Å²) in [5.41, 5.74) is 0.301. The first-order valence-corrected chi connectivity index (χ1v) is 8.31. The van der Waals surface area contributed by atoms with Crippen LogP contribution in [0.5, 0.6) is 5.75 Å². The number of rotatable bonds is 4. The number of benzene rings is 1. The Morgan fingerprint density at radius 3 is 2.62 bits per heavy atom. The number of ether oxygens (including phenoxy) is 1. The van der Waals surface area contributed by atoms with Crippen molar-refractivity contribution in [3.05, 3.63) is 57.5 Å². The van der Waals surface area contributed by atoms with Crippen LogP contribution in [-0.4, -0.2) is 21.7 Å². The van der Waals surface area contributed by atoms with Crippen molar-refractivity contribution in [1.82, 2.24) is 9.38 Å². The molecule has 3 aromatic rings. The third-order valence-electron chi connectivity index (χ3n) is 3.47. The Balaban J connectivity index is 1.83. The lowest BCUT2D eigenvalue weighted by Gasteiger charge is -2.10. The van der Waals surface area contributed by atoms with Gasteiger partial charge in [0, 0.05) is 23.0 Å². The lowest BCUT2D eigenvalue weighted by atomic mass is 10.2. The van der Waals surface area contributed by atoms with E-state index in [4.69, 9.17) is 0 Å². The van der Waals surface area contributed by atoms with Crippen LogP contribution in [0.3, 0.4) is 0 Å². The Bertz CT molecular complexity index is 1010. The average Bonchev–Trinajstić information content (AvgIpc) is 2.99. The first-order valence-electron chi connectivity index (χ1n) is 7.44. The van der Waals surface area contributed by atoms with E-state index >= 15 is 0 Å². The first kappa shape index (κ1) is 17.9. The number of aromatic nitrogens is 2. The third kappa shape index (κ3) is 3.69. The molecule has 0 bridgehead atoms. The van der Waals surface area contributed by atoms with Crippen LogP contribution >= 0.6 is 11.3 Å². The minimum absolute atomic E-state index is 0.161. The molecule has 2 aromatic heterocycles. The zero-order valence-electron chi connectivity index (χ0n) is 13.3. The first-order chi connectivity index (χ1) is 12.3. The SMILES string of the molecule is CCc1csc2ncc(C(=O)Nc3ccc(OC(F)(F)F)cc3)c(=O)n12. The number of fused-ring (bicyclic) bond motifs is 1. The summed E-state index contributed by atoms with van der Waals surface area (Å²) in [6.07, 6.45) is -3.00. The predicted molar refractivity (Wildman–Crippen MR) is 89.8 cm³/mol. The largest absolute Gasteiger partial charge is 0.573 e. The van der Waals surface area contributed by atoms with E-state index in [1.54, 1.807) is 5.38 Å². The highest BCUT2D eigenvalue weighted by Gasteiger charge is 2.31. The maximum atomic E-state index is 12.5. The van der Waals surface area contributed by atoms with E-state index in [0.29, 0.717) is 11.4 Å². The van der Waals surface area contributed by atoms with Gasteiger partial charge >= 0.3 is 6.36 Å². The minimum atomic E-state index is -4.79. The number of alkyl halides is 3. The fourth-order valence-corrected chi connectivity index (χ4v) is 3.22. The summed E-state index contributed by atoms with van der Waals surface area (Å²) in [5.74, 6) is -1.11. The molecule has 1 aromatic carbocycles. The van der Waals surface area contributed by atoms with Crippen molar-refractivity contribution in [2.75, 3.05) is 5.32 Å². The molecular formula is C16H12F3N3O3S. The summed E-state index contributed by atoms with van der Waals surface area (Å²) in [4.78, 5) is 29.5. The number of amides is 1. The van der Waals surface area contributed by atoms with E-state index < -0.39 is 23.6 Å². The van der Waals surface area contributed by atoms with E-state index in [1.807, 2.05) is 6.92 Å². The van der Waals surface area contributed by atoms with Gasteiger partial charge in [-0.3, -0.25) is 14.0 Å². The molecule has 1 N–H and O–H groups in total. The van der Waals surface area contributed by atoms with Crippen molar-refractivity contribution in [2.24, 2.45) is 0 Å². The molecule has 0 aliphatic rings. The van der Waals surface area contributed by atoms with Crippen molar-refractivity contribution >= 4 is 27.9 Å². The van der Waals surface area contributed by atoms with Gasteiger partial charge in [0.25, 0.3) is 11.5 Å². The highest BCUT2D eigenvalue weighted by atomic mass is 32.1. The summed E-state index contributed by atoms with van der Waals surface area (Å²) >= 11 is 1.30. The molecule has 3 rings (SSSR count). The van der Waals surface area contributed by atoms with Crippen LogP contribution in [0.2, 0.25) is 0 Å². The number of halogens is 3. The van der Waals surface area contributed by atoms with Gasteiger partial charge < -0.3 is 10.1 Å². The summed E-state index contributed by atoms with van der Waals surface area (Å²) in [7, 11) is 0. The van der Waals surface area contributed by atoms with Gasteiger partial charge in [-0.25, -0.2) is 4.98 Å². The Kier molecular flexibility index (Phi) is 4.68. The van der Waals surface area contributed by atoms with Crippen molar-refractivity contribution in [3.8, 4) is 5.75 Å². The Morgan fingerprint density at radius 2 is 2.00 bits per heavy atom. The van der Waals surface area contributed by atoms with E-state index in [-0.39, 0.29) is 11.3 Å². The standard InChI is InChI=1S/C16H12F3N3O3S/c1-2-10-8-26-15-20-7-12(14(24)22(10)15)13(23)21-9-3-5-11(6-4-9)25-16(17,18)19/h3-8H,2H2,1H3,(H,21,23). The lowest BCUT2D eigenvalue weighted by molar-refractivity contribution is -0.274. The maximum absolute atomic E-state index is 12.5. The number of nitrogens with zero attached hydrogens (tertiary/aromatic N) is 2. The van der Waals surface area contributed by atoms with Gasteiger partial charge in [0.1, 0.15) is 11.3 Å². The summed E-state index contributed by atoms with van der Waals surface area (Å²) < 4.78 is 41.6. The quantitative estimate of drug-likeness (QED) is 0.749. The van der Waals surface area contributed by atoms with E-state index in [9.17, 15) is 22.8 Å².